The van der Waals surface area contributed by atoms with E-state index in [2.05, 4.69) is 4.72 Å². The molecule has 0 aliphatic heterocycles. The minimum atomic E-state index is -4.00. The number of benzene rings is 2. The lowest BCUT2D eigenvalue weighted by molar-refractivity contribution is -0.384. The standard InChI is InChI=1S/C18H22N2O6S/c1-4-11-25-15-7-10-17(18(12-15)20(21)22)19-27(23,24)16-8-5-14(6-9-16)26-13(2)3/h5-10,12-13,19H,4,11H2,1-3H3. The van der Waals surface area contributed by atoms with E-state index in [1.165, 1.54) is 42.5 Å². The molecule has 2 aromatic carbocycles. The van der Waals surface area contributed by atoms with Crippen LogP contribution in [0.3, 0.4) is 0 Å². The molecule has 2 aromatic rings. The number of rotatable bonds is 9. The molecular weight excluding hydrogens is 372 g/mol. The molecule has 8 nitrogen and oxygen atoms in total. The molecule has 146 valence electrons. The number of hydrogen-bond donors (Lipinski definition) is 1. The van der Waals surface area contributed by atoms with Crippen LogP contribution in [0.4, 0.5) is 11.4 Å². The van der Waals surface area contributed by atoms with Gasteiger partial charge >= 0.3 is 0 Å². The van der Waals surface area contributed by atoms with Crippen LogP contribution in [0.5, 0.6) is 11.5 Å². The molecule has 0 fully saturated rings. The minimum absolute atomic E-state index is 0.0285. The highest BCUT2D eigenvalue weighted by atomic mass is 32.2. The van der Waals surface area contributed by atoms with E-state index in [1.54, 1.807) is 0 Å². The largest absolute Gasteiger partial charge is 0.493 e. The molecule has 0 aromatic heterocycles. The van der Waals surface area contributed by atoms with Gasteiger partial charge in [0.15, 0.2) is 0 Å². The Balaban J connectivity index is 2.27. The van der Waals surface area contributed by atoms with Gasteiger partial charge in [-0.1, -0.05) is 6.92 Å². The van der Waals surface area contributed by atoms with Gasteiger partial charge in [0, 0.05) is 0 Å². The first-order valence-electron chi connectivity index (χ1n) is 8.43. The van der Waals surface area contributed by atoms with Crippen LogP contribution in [0, 0.1) is 10.1 Å². The zero-order valence-electron chi connectivity index (χ0n) is 15.3. The second kappa shape index (κ2) is 8.72. The maximum Gasteiger partial charge on any atom is 0.297 e. The number of nitro groups is 1. The van der Waals surface area contributed by atoms with E-state index in [1.807, 2.05) is 20.8 Å². The Morgan fingerprint density at radius 3 is 2.30 bits per heavy atom. The van der Waals surface area contributed by atoms with Gasteiger partial charge in [-0.15, -0.1) is 0 Å². The molecule has 0 radical (unpaired) electrons. The van der Waals surface area contributed by atoms with Crippen LogP contribution in [-0.4, -0.2) is 26.1 Å². The quantitative estimate of drug-likeness (QED) is 0.509. The van der Waals surface area contributed by atoms with Gasteiger partial charge in [-0.05, 0) is 56.7 Å². The molecule has 0 unspecified atom stereocenters. The van der Waals surface area contributed by atoms with Crippen LogP contribution in [0.25, 0.3) is 0 Å². The first-order valence-corrected chi connectivity index (χ1v) is 9.92. The van der Waals surface area contributed by atoms with Gasteiger partial charge in [0.05, 0.1) is 28.6 Å². The molecule has 0 amide bonds. The molecule has 2 rings (SSSR count). The van der Waals surface area contributed by atoms with Crippen LogP contribution in [0.15, 0.2) is 47.4 Å². The summed E-state index contributed by atoms with van der Waals surface area (Å²) >= 11 is 0. The molecule has 0 saturated carbocycles. The third kappa shape index (κ3) is 5.58. The minimum Gasteiger partial charge on any atom is -0.493 e. The Morgan fingerprint density at radius 1 is 1.11 bits per heavy atom. The van der Waals surface area contributed by atoms with Crippen LogP contribution >= 0.6 is 0 Å². The van der Waals surface area contributed by atoms with Gasteiger partial charge in [-0.3, -0.25) is 14.8 Å². The average molecular weight is 394 g/mol. The molecule has 0 spiro atoms. The number of ether oxygens (including phenoxy) is 2. The smallest absolute Gasteiger partial charge is 0.297 e. The van der Waals surface area contributed by atoms with Crippen LogP contribution < -0.4 is 14.2 Å². The monoisotopic (exact) mass is 394 g/mol. The van der Waals surface area contributed by atoms with Crippen LogP contribution in [0.1, 0.15) is 27.2 Å². The third-order valence-corrected chi connectivity index (χ3v) is 4.77. The fraction of sp³-hybridized carbons (Fsp3) is 0.333. The molecule has 0 heterocycles. The number of nitrogens with one attached hydrogen (secondary N) is 1. The summed E-state index contributed by atoms with van der Waals surface area (Å²) in [5.41, 5.74) is -0.515. The van der Waals surface area contributed by atoms with Gasteiger partial charge in [-0.2, -0.15) is 0 Å². The Morgan fingerprint density at radius 2 is 1.74 bits per heavy atom. The van der Waals surface area contributed by atoms with E-state index in [-0.39, 0.29) is 22.4 Å². The van der Waals surface area contributed by atoms with Gasteiger partial charge in [-0.25, -0.2) is 8.42 Å². The summed E-state index contributed by atoms with van der Waals surface area (Å²) in [6.45, 7) is 6.04. The van der Waals surface area contributed by atoms with Crippen molar-refractivity contribution in [3.63, 3.8) is 0 Å². The van der Waals surface area contributed by atoms with E-state index in [9.17, 15) is 18.5 Å². The molecule has 0 bridgehead atoms. The van der Waals surface area contributed by atoms with E-state index in [0.717, 1.165) is 6.42 Å². The van der Waals surface area contributed by atoms with Crippen molar-refractivity contribution in [2.24, 2.45) is 0 Å². The second-order valence-corrected chi connectivity index (χ2v) is 7.71. The predicted molar refractivity (Wildman–Crippen MR) is 102 cm³/mol. The normalized spacial score (nSPS) is 11.3. The summed E-state index contributed by atoms with van der Waals surface area (Å²) in [6.07, 6.45) is 0.709. The zero-order valence-corrected chi connectivity index (χ0v) is 16.2. The van der Waals surface area contributed by atoms with Crippen molar-refractivity contribution >= 4 is 21.4 Å². The molecule has 1 N–H and O–H groups in total. The molecule has 27 heavy (non-hydrogen) atoms. The summed E-state index contributed by atoms with van der Waals surface area (Å²) in [4.78, 5) is 10.6. The fourth-order valence-corrected chi connectivity index (χ4v) is 3.31. The van der Waals surface area contributed by atoms with Crippen molar-refractivity contribution in [1.29, 1.82) is 0 Å². The fourth-order valence-electron chi connectivity index (χ4n) is 2.23. The van der Waals surface area contributed by atoms with E-state index < -0.39 is 14.9 Å². The van der Waals surface area contributed by atoms with Gasteiger partial charge in [0.2, 0.25) is 0 Å². The lowest BCUT2D eigenvalue weighted by atomic mass is 10.2. The SMILES string of the molecule is CCCOc1ccc(NS(=O)(=O)c2ccc(OC(C)C)cc2)c([N+](=O)[O-])c1. The van der Waals surface area contributed by atoms with Crippen molar-refractivity contribution in [3.05, 3.63) is 52.6 Å². The van der Waals surface area contributed by atoms with Crippen LogP contribution in [-0.2, 0) is 10.0 Å². The number of sulfonamides is 1. The summed E-state index contributed by atoms with van der Waals surface area (Å²) < 4.78 is 38.2. The highest BCUT2D eigenvalue weighted by molar-refractivity contribution is 7.92. The van der Waals surface area contributed by atoms with E-state index >= 15 is 0 Å². The van der Waals surface area contributed by atoms with E-state index in [4.69, 9.17) is 9.47 Å². The number of hydrogen-bond acceptors (Lipinski definition) is 6. The number of anilines is 1. The van der Waals surface area contributed by atoms with Crippen molar-refractivity contribution < 1.29 is 22.8 Å². The summed E-state index contributed by atoms with van der Waals surface area (Å²) in [5.74, 6) is 0.842. The molecule has 0 aliphatic rings. The van der Waals surface area contributed by atoms with Crippen molar-refractivity contribution in [2.45, 2.75) is 38.2 Å². The topological polar surface area (TPSA) is 108 Å². The average Bonchev–Trinajstić information content (AvgIpc) is 2.60. The van der Waals surface area contributed by atoms with Crippen molar-refractivity contribution in [3.8, 4) is 11.5 Å². The van der Waals surface area contributed by atoms with Crippen LogP contribution in [0.2, 0.25) is 0 Å². The second-order valence-electron chi connectivity index (χ2n) is 6.03. The Hall–Kier alpha value is -2.81. The Bertz CT molecular complexity index is 895. The lowest BCUT2D eigenvalue weighted by Crippen LogP contribution is -2.14. The highest BCUT2D eigenvalue weighted by Gasteiger charge is 2.22. The first-order chi connectivity index (χ1) is 12.7. The maximum absolute atomic E-state index is 12.6. The lowest BCUT2D eigenvalue weighted by Gasteiger charge is -2.12. The molecule has 9 heteroatoms. The molecule has 0 atom stereocenters. The van der Waals surface area contributed by atoms with Gasteiger partial charge in [0.1, 0.15) is 17.2 Å². The molecule has 0 saturated heterocycles. The van der Waals surface area contributed by atoms with Gasteiger partial charge < -0.3 is 9.47 Å². The summed E-state index contributed by atoms with van der Waals surface area (Å²) in [6, 6.07) is 9.83. The Kier molecular flexibility index (Phi) is 6.62. The number of nitrogens with zero attached hydrogens (tertiary/aromatic N) is 1. The number of nitro benzene ring substituents is 1. The molecular formula is C18H22N2O6S. The highest BCUT2D eigenvalue weighted by Crippen LogP contribution is 2.31. The summed E-state index contributed by atoms with van der Waals surface area (Å²) in [7, 11) is -4.00. The van der Waals surface area contributed by atoms with Crippen molar-refractivity contribution in [2.75, 3.05) is 11.3 Å². The Labute approximate surface area is 158 Å². The third-order valence-electron chi connectivity index (χ3n) is 3.39. The maximum atomic E-state index is 12.6. The predicted octanol–water partition coefficient (Wildman–Crippen LogP) is 3.97. The zero-order chi connectivity index (χ0) is 20.0. The van der Waals surface area contributed by atoms with Crippen molar-refractivity contribution in [1.82, 2.24) is 0 Å². The summed E-state index contributed by atoms with van der Waals surface area (Å²) in [5, 5.41) is 11.3. The van der Waals surface area contributed by atoms with E-state index in [0.29, 0.717) is 18.1 Å². The molecule has 0 aliphatic carbocycles. The van der Waals surface area contributed by atoms with Gasteiger partial charge in [0.25, 0.3) is 15.7 Å². The first kappa shape index (κ1) is 20.5.